The average molecular weight is 240 g/mol. The van der Waals surface area contributed by atoms with Crippen molar-refractivity contribution >= 4 is 11.9 Å². The Kier molecular flexibility index (Phi) is 4.68. The van der Waals surface area contributed by atoms with Crippen LogP contribution in [0, 0.1) is 5.92 Å². The molecule has 0 spiro atoms. The van der Waals surface area contributed by atoms with Crippen LogP contribution in [0.25, 0.3) is 0 Å². The molecule has 1 rings (SSSR count). The van der Waals surface area contributed by atoms with Crippen molar-refractivity contribution in [2.75, 3.05) is 7.11 Å². The third-order valence-electron chi connectivity index (χ3n) is 2.37. The number of ether oxygens (including phenoxy) is 1. The van der Waals surface area contributed by atoms with Gasteiger partial charge in [-0.25, -0.2) is 4.79 Å². The molecule has 17 heavy (non-hydrogen) atoms. The number of methoxy groups -OCH3 is 1. The molecule has 94 valence electrons. The number of rotatable bonds is 5. The number of hydrogen-bond acceptors (Lipinski definition) is 3. The molecule has 6 heteroatoms. The number of Topliss-reactive ketones (excluding diaryl/α,β-unsaturated/α-hetero) is 1. The Bertz CT molecular complexity index is 373. The van der Waals surface area contributed by atoms with Crippen LogP contribution in [0.3, 0.4) is 0 Å². The van der Waals surface area contributed by atoms with Crippen LogP contribution in [0.1, 0.15) is 13.8 Å². The lowest BCUT2D eigenvalue weighted by molar-refractivity contribution is -0.750. The molecule has 1 amide bonds. The van der Waals surface area contributed by atoms with Crippen molar-refractivity contribution < 1.29 is 19.0 Å². The standard InChI is InChI=1S/C11H17N3O3/c1-8(2)10(15)9(13-11(16)17-3)7-14-6-4-5-12-14/h4-6,8-9H,7H2,1-3H3,(H,13,16)/p+1/t9-/m0/s1. The maximum atomic E-state index is 11.9. The van der Waals surface area contributed by atoms with E-state index < -0.39 is 12.1 Å². The van der Waals surface area contributed by atoms with Crippen molar-refractivity contribution in [3.8, 4) is 0 Å². The Labute approximate surface area is 99.9 Å². The van der Waals surface area contributed by atoms with E-state index in [0.717, 1.165) is 0 Å². The normalized spacial score (nSPS) is 12.2. The summed E-state index contributed by atoms with van der Waals surface area (Å²) in [5, 5.41) is 5.46. The molecule has 0 bridgehead atoms. The van der Waals surface area contributed by atoms with Crippen LogP contribution < -0.4 is 10.00 Å². The van der Waals surface area contributed by atoms with Crippen molar-refractivity contribution in [3.63, 3.8) is 0 Å². The Morgan fingerprint density at radius 3 is 2.65 bits per heavy atom. The summed E-state index contributed by atoms with van der Waals surface area (Å²) in [6.07, 6.45) is 2.94. The van der Waals surface area contributed by atoms with Crippen molar-refractivity contribution in [1.29, 1.82) is 0 Å². The van der Waals surface area contributed by atoms with Crippen LogP contribution in [0.15, 0.2) is 18.5 Å². The highest BCUT2D eigenvalue weighted by Gasteiger charge is 2.27. The topological polar surface area (TPSA) is 75.1 Å². The van der Waals surface area contributed by atoms with Gasteiger partial charge in [0.25, 0.3) is 0 Å². The van der Waals surface area contributed by atoms with Gasteiger partial charge in [-0.2, -0.15) is 5.10 Å². The Morgan fingerprint density at radius 1 is 1.47 bits per heavy atom. The largest absolute Gasteiger partial charge is 0.453 e. The van der Waals surface area contributed by atoms with Crippen molar-refractivity contribution in [2.45, 2.75) is 26.4 Å². The maximum absolute atomic E-state index is 11.9. The molecule has 0 unspecified atom stereocenters. The van der Waals surface area contributed by atoms with Crippen LogP contribution in [0.2, 0.25) is 0 Å². The number of carbonyl (C=O) groups excluding carboxylic acids is 2. The zero-order chi connectivity index (χ0) is 12.8. The van der Waals surface area contributed by atoms with E-state index >= 15 is 0 Å². The fourth-order valence-electron chi connectivity index (χ4n) is 1.45. The van der Waals surface area contributed by atoms with Gasteiger partial charge in [0.1, 0.15) is 0 Å². The molecule has 1 atom stereocenters. The number of ketones is 1. The molecule has 0 fully saturated rings. The number of aromatic nitrogens is 2. The first-order valence-corrected chi connectivity index (χ1v) is 5.45. The third-order valence-corrected chi connectivity index (χ3v) is 2.37. The maximum Gasteiger partial charge on any atom is 0.407 e. The first kappa shape index (κ1) is 13.2. The smallest absolute Gasteiger partial charge is 0.407 e. The summed E-state index contributed by atoms with van der Waals surface area (Å²) in [6.45, 7) is 3.96. The summed E-state index contributed by atoms with van der Waals surface area (Å²) in [5.74, 6) is -0.176. The number of aromatic amines is 1. The fraction of sp³-hybridized carbons (Fsp3) is 0.545. The Morgan fingerprint density at radius 2 is 2.18 bits per heavy atom. The van der Waals surface area contributed by atoms with Gasteiger partial charge in [-0.1, -0.05) is 13.8 Å². The fourth-order valence-corrected chi connectivity index (χ4v) is 1.45. The quantitative estimate of drug-likeness (QED) is 0.724. The van der Waals surface area contributed by atoms with Gasteiger partial charge in [-0.3, -0.25) is 4.79 Å². The predicted octanol–water partition coefficient (Wildman–Crippen LogP) is 0.252. The van der Waals surface area contributed by atoms with E-state index in [-0.39, 0.29) is 11.7 Å². The zero-order valence-electron chi connectivity index (χ0n) is 10.3. The highest BCUT2D eigenvalue weighted by Crippen LogP contribution is 2.00. The third kappa shape index (κ3) is 3.90. The minimum absolute atomic E-state index is 0.0301. The van der Waals surface area contributed by atoms with E-state index in [1.165, 1.54) is 7.11 Å². The van der Waals surface area contributed by atoms with Gasteiger partial charge in [-0.15, -0.1) is 4.68 Å². The SMILES string of the molecule is COC(=O)N[C@@H](C[n+]1ccc[nH]1)C(=O)C(C)C. The second-order valence-electron chi connectivity index (χ2n) is 4.04. The van der Waals surface area contributed by atoms with E-state index in [9.17, 15) is 9.59 Å². The molecule has 1 aromatic heterocycles. The van der Waals surface area contributed by atoms with Crippen LogP contribution in [0.4, 0.5) is 4.79 Å². The van der Waals surface area contributed by atoms with Crippen molar-refractivity contribution in [2.24, 2.45) is 5.92 Å². The number of nitrogens with zero attached hydrogens (tertiary/aromatic N) is 1. The van der Waals surface area contributed by atoms with E-state index in [1.54, 1.807) is 30.9 Å². The molecule has 1 heterocycles. The number of hydrogen-bond donors (Lipinski definition) is 2. The van der Waals surface area contributed by atoms with E-state index in [1.807, 2.05) is 6.07 Å². The van der Waals surface area contributed by atoms with E-state index in [4.69, 9.17) is 0 Å². The number of alkyl carbamates (subject to hydrolysis) is 1. The van der Waals surface area contributed by atoms with E-state index in [2.05, 4.69) is 15.2 Å². The molecule has 0 radical (unpaired) electrons. The summed E-state index contributed by atoms with van der Waals surface area (Å²) in [7, 11) is 1.27. The zero-order valence-corrected chi connectivity index (χ0v) is 10.3. The van der Waals surface area contributed by atoms with Gasteiger partial charge in [-0.05, 0) is 0 Å². The monoisotopic (exact) mass is 240 g/mol. The van der Waals surface area contributed by atoms with Crippen molar-refractivity contribution in [1.82, 2.24) is 10.4 Å². The molecule has 6 nitrogen and oxygen atoms in total. The average Bonchev–Trinajstić information content (AvgIpc) is 2.79. The lowest BCUT2D eigenvalue weighted by atomic mass is 10.0. The minimum Gasteiger partial charge on any atom is -0.453 e. The van der Waals surface area contributed by atoms with Crippen LogP contribution in [-0.4, -0.2) is 30.1 Å². The molecule has 0 aromatic carbocycles. The van der Waals surface area contributed by atoms with Gasteiger partial charge in [0.15, 0.2) is 24.6 Å². The number of H-pyrrole nitrogens is 1. The molecule has 0 saturated carbocycles. The first-order chi connectivity index (χ1) is 8.04. The number of nitrogens with one attached hydrogen (secondary N) is 2. The van der Waals surface area contributed by atoms with Crippen molar-refractivity contribution in [3.05, 3.63) is 18.5 Å². The van der Waals surface area contributed by atoms with Gasteiger partial charge in [0.2, 0.25) is 0 Å². The number of carbonyl (C=O) groups is 2. The molecule has 1 aromatic rings. The number of amides is 1. The Hall–Kier alpha value is -1.85. The summed E-state index contributed by atoms with van der Waals surface area (Å²) >= 11 is 0. The van der Waals surface area contributed by atoms with Gasteiger partial charge in [0.05, 0.1) is 13.3 Å². The highest BCUT2D eigenvalue weighted by atomic mass is 16.5. The highest BCUT2D eigenvalue weighted by molar-refractivity contribution is 5.88. The van der Waals surface area contributed by atoms with Gasteiger partial charge >= 0.3 is 6.09 Å². The van der Waals surface area contributed by atoms with Crippen LogP contribution in [-0.2, 0) is 16.1 Å². The lowest BCUT2D eigenvalue weighted by Gasteiger charge is -2.15. The van der Waals surface area contributed by atoms with E-state index in [0.29, 0.717) is 6.54 Å². The molecular weight excluding hydrogens is 222 g/mol. The van der Waals surface area contributed by atoms with Crippen LogP contribution in [0.5, 0.6) is 0 Å². The molecule has 0 aliphatic heterocycles. The van der Waals surface area contributed by atoms with Gasteiger partial charge < -0.3 is 10.1 Å². The molecule has 0 saturated heterocycles. The summed E-state index contributed by atoms with van der Waals surface area (Å²) < 4.78 is 6.23. The molecular formula is C11H18N3O3+. The molecule has 2 N–H and O–H groups in total. The summed E-state index contributed by atoms with van der Waals surface area (Å²) in [4.78, 5) is 23.1. The first-order valence-electron chi connectivity index (χ1n) is 5.45. The molecule has 0 aliphatic carbocycles. The second-order valence-corrected chi connectivity index (χ2v) is 4.04. The second kappa shape index (κ2) is 6.03. The lowest BCUT2D eigenvalue weighted by Crippen LogP contribution is -2.53. The summed E-state index contributed by atoms with van der Waals surface area (Å²) in [5.41, 5.74) is 0. The molecule has 0 aliphatic rings. The Balaban J connectivity index is 2.71. The van der Waals surface area contributed by atoms with Crippen LogP contribution >= 0.6 is 0 Å². The minimum atomic E-state index is -0.601. The predicted molar refractivity (Wildman–Crippen MR) is 60.2 cm³/mol. The van der Waals surface area contributed by atoms with Gasteiger partial charge in [0, 0.05) is 12.0 Å². The summed E-state index contributed by atoms with van der Waals surface area (Å²) in [6, 6.07) is 1.22.